The van der Waals surface area contributed by atoms with Gasteiger partial charge < -0.3 is 5.43 Å². The Bertz CT molecular complexity index is 527. The summed E-state index contributed by atoms with van der Waals surface area (Å²) < 4.78 is 0. The van der Waals surface area contributed by atoms with E-state index in [2.05, 4.69) is 32.4 Å². The van der Waals surface area contributed by atoms with Gasteiger partial charge in [0.2, 0.25) is 0 Å². The highest BCUT2D eigenvalue weighted by Crippen LogP contribution is 2.08. The Morgan fingerprint density at radius 1 is 1.16 bits per heavy atom. The third-order valence-electron chi connectivity index (χ3n) is 2.76. The average molecular weight is 257 g/mol. The zero-order valence-corrected chi connectivity index (χ0v) is 11.3. The molecule has 19 heavy (non-hydrogen) atoms. The Morgan fingerprint density at radius 2 is 1.89 bits per heavy atom. The van der Waals surface area contributed by atoms with E-state index in [1.165, 1.54) is 5.56 Å². The van der Waals surface area contributed by atoms with Crippen LogP contribution in [0, 0.1) is 6.92 Å². The fourth-order valence-electron chi connectivity index (χ4n) is 1.97. The first-order valence-electron chi connectivity index (χ1n) is 6.21. The van der Waals surface area contributed by atoms with E-state index in [-0.39, 0.29) is 0 Å². The van der Waals surface area contributed by atoms with Crippen LogP contribution in [0.25, 0.3) is 0 Å². The van der Waals surface area contributed by atoms with Crippen molar-refractivity contribution in [1.29, 1.82) is 0 Å². The molecule has 0 amide bonds. The summed E-state index contributed by atoms with van der Waals surface area (Å²) in [4.78, 5) is 10.9. The van der Waals surface area contributed by atoms with Gasteiger partial charge in [0.15, 0.2) is 0 Å². The summed E-state index contributed by atoms with van der Waals surface area (Å²) in [6.07, 6.45) is 0. The lowest BCUT2D eigenvalue weighted by molar-refractivity contribution is 0.310. The van der Waals surface area contributed by atoms with Crippen LogP contribution in [0.15, 0.2) is 36.4 Å². The first-order chi connectivity index (χ1) is 9.17. The van der Waals surface area contributed by atoms with Crippen molar-refractivity contribution in [2.75, 3.05) is 12.5 Å². The van der Waals surface area contributed by atoms with E-state index in [4.69, 9.17) is 5.84 Å². The van der Waals surface area contributed by atoms with Crippen LogP contribution in [0.5, 0.6) is 0 Å². The van der Waals surface area contributed by atoms with Gasteiger partial charge in [-0.15, -0.1) is 0 Å². The van der Waals surface area contributed by atoms with Gasteiger partial charge in [-0.25, -0.2) is 15.8 Å². The topological polar surface area (TPSA) is 67.1 Å². The number of anilines is 1. The molecule has 3 N–H and O–H groups in total. The second kappa shape index (κ2) is 6.26. The van der Waals surface area contributed by atoms with Gasteiger partial charge in [0.1, 0.15) is 11.6 Å². The van der Waals surface area contributed by atoms with Crippen LogP contribution in [0.4, 0.5) is 5.82 Å². The number of benzene rings is 1. The lowest BCUT2D eigenvalue weighted by atomic mass is 10.2. The molecule has 1 aromatic heterocycles. The molecule has 0 radical (unpaired) electrons. The first-order valence-corrected chi connectivity index (χ1v) is 6.21. The minimum absolute atomic E-state index is 0.649. The highest BCUT2D eigenvalue weighted by Gasteiger charge is 2.06. The molecule has 0 unspecified atom stereocenters. The van der Waals surface area contributed by atoms with Crippen molar-refractivity contribution in [2.24, 2.45) is 5.84 Å². The lowest BCUT2D eigenvalue weighted by Gasteiger charge is -2.16. The number of hydrogen-bond donors (Lipinski definition) is 2. The molecule has 2 rings (SSSR count). The van der Waals surface area contributed by atoms with Crippen molar-refractivity contribution in [3.63, 3.8) is 0 Å². The SMILES string of the molecule is Cc1cc(NN)nc(CN(C)Cc2ccccc2)n1. The average Bonchev–Trinajstić information content (AvgIpc) is 2.38. The monoisotopic (exact) mass is 257 g/mol. The molecule has 100 valence electrons. The van der Waals surface area contributed by atoms with Crippen molar-refractivity contribution in [3.8, 4) is 0 Å². The number of nitrogens with zero attached hydrogens (tertiary/aromatic N) is 3. The molecular formula is C14H19N5. The van der Waals surface area contributed by atoms with Crippen molar-refractivity contribution in [1.82, 2.24) is 14.9 Å². The molecule has 0 aliphatic rings. The van der Waals surface area contributed by atoms with Crippen molar-refractivity contribution in [3.05, 3.63) is 53.5 Å². The Kier molecular flexibility index (Phi) is 4.43. The van der Waals surface area contributed by atoms with E-state index in [0.29, 0.717) is 12.4 Å². The predicted octanol–water partition coefficient (Wildman–Crippen LogP) is 1.70. The Hall–Kier alpha value is -1.98. The molecule has 0 aliphatic heterocycles. The fraction of sp³-hybridized carbons (Fsp3) is 0.286. The number of aromatic nitrogens is 2. The Labute approximate surface area is 113 Å². The Balaban J connectivity index is 2.02. The zero-order valence-electron chi connectivity index (χ0n) is 11.3. The van der Waals surface area contributed by atoms with Crippen LogP contribution < -0.4 is 11.3 Å². The van der Waals surface area contributed by atoms with Crippen LogP contribution in [-0.4, -0.2) is 21.9 Å². The first kappa shape index (κ1) is 13.5. The molecule has 0 aliphatic carbocycles. The van der Waals surface area contributed by atoms with E-state index >= 15 is 0 Å². The predicted molar refractivity (Wildman–Crippen MR) is 76.2 cm³/mol. The third-order valence-corrected chi connectivity index (χ3v) is 2.76. The number of nitrogen functional groups attached to an aromatic ring is 1. The molecule has 0 spiro atoms. The van der Waals surface area contributed by atoms with E-state index in [9.17, 15) is 0 Å². The summed E-state index contributed by atoms with van der Waals surface area (Å²) >= 11 is 0. The third kappa shape index (κ3) is 4.01. The summed E-state index contributed by atoms with van der Waals surface area (Å²) in [5.41, 5.74) is 4.74. The smallest absolute Gasteiger partial charge is 0.145 e. The summed E-state index contributed by atoms with van der Waals surface area (Å²) in [6.45, 7) is 3.48. The molecule has 1 heterocycles. The van der Waals surface area contributed by atoms with Crippen LogP contribution >= 0.6 is 0 Å². The lowest BCUT2D eigenvalue weighted by Crippen LogP contribution is -2.20. The second-order valence-electron chi connectivity index (χ2n) is 4.61. The number of aryl methyl sites for hydroxylation is 1. The summed E-state index contributed by atoms with van der Waals surface area (Å²) in [7, 11) is 2.05. The molecule has 0 saturated carbocycles. The van der Waals surface area contributed by atoms with Gasteiger partial charge in [-0.05, 0) is 19.5 Å². The maximum atomic E-state index is 5.39. The quantitative estimate of drug-likeness (QED) is 0.630. The van der Waals surface area contributed by atoms with E-state index in [1.807, 2.05) is 38.2 Å². The molecule has 0 fully saturated rings. The maximum Gasteiger partial charge on any atom is 0.145 e. The summed E-state index contributed by atoms with van der Waals surface area (Å²) in [6, 6.07) is 12.2. The van der Waals surface area contributed by atoms with Crippen LogP contribution in [0.1, 0.15) is 17.1 Å². The molecule has 0 saturated heterocycles. The Morgan fingerprint density at radius 3 is 2.58 bits per heavy atom. The van der Waals surface area contributed by atoms with Crippen LogP contribution in [-0.2, 0) is 13.1 Å². The number of rotatable bonds is 5. The van der Waals surface area contributed by atoms with Gasteiger partial charge in [-0.2, -0.15) is 0 Å². The number of nitrogens with two attached hydrogens (primary N) is 1. The minimum Gasteiger partial charge on any atom is -0.308 e. The van der Waals surface area contributed by atoms with E-state index < -0.39 is 0 Å². The van der Waals surface area contributed by atoms with Crippen molar-refractivity contribution < 1.29 is 0 Å². The van der Waals surface area contributed by atoms with Gasteiger partial charge in [0.05, 0.1) is 6.54 Å². The summed E-state index contributed by atoms with van der Waals surface area (Å²) in [5.74, 6) is 6.81. The van der Waals surface area contributed by atoms with Gasteiger partial charge in [-0.1, -0.05) is 30.3 Å². The molecular weight excluding hydrogens is 238 g/mol. The number of nitrogens with one attached hydrogen (secondary N) is 1. The van der Waals surface area contributed by atoms with E-state index in [1.54, 1.807) is 0 Å². The second-order valence-corrected chi connectivity index (χ2v) is 4.61. The van der Waals surface area contributed by atoms with Crippen LogP contribution in [0.2, 0.25) is 0 Å². The maximum absolute atomic E-state index is 5.39. The van der Waals surface area contributed by atoms with Gasteiger partial charge in [0, 0.05) is 18.3 Å². The van der Waals surface area contributed by atoms with Crippen molar-refractivity contribution >= 4 is 5.82 Å². The van der Waals surface area contributed by atoms with Gasteiger partial charge in [-0.3, -0.25) is 4.90 Å². The molecule has 1 aromatic carbocycles. The molecule has 0 bridgehead atoms. The number of hydrazine groups is 1. The zero-order chi connectivity index (χ0) is 13.7. The minimum atomic E-state index is 0.649. The van der Waals surface area contributed by atoms with Gasteiger partial charge >= 0.3 is 0 Å². The molecule has 5 nitrogen and oxygen atoms in total. The van der Waals surface area contributed by atoms with Crippen molar-refractivity contribution in [2.45, 2.75) is 20.0 Å². The molecule has 2 aromatic rings. The largest absolute Gasteiger partial charge is 0.308 e. The highest BCUT2D eigenvalue weighted by atomic mass is 15.3. The summed E-state index contributed by atoms with van der Waals surface area (Å²) in [5, 5.41) is 0. The highest BCUT2D eigenvalue weighted by molar-refractivity contribution is 5.33. The fourth-order valence-corrected chi connectivity index (χ4v) is 1.97. The molecule has 5 heteroatoms. The molecule has 0 atom stereocenters. The number of hydrogen-bond acceptors (Lipinski definition) is 5. The standard InChI is InChI=1S/C14H19N5/c1-11-8-13(18-15)17-14(16-11)10-19(2)9-12-6-4-3-5-7-12/h3-8H,9-10,15H2,1-2H3,(H,16,17,18). The van der Waals surface area contributed by atoms with E-state index in [0.717, 1.165) is 18.1 Å². The normalized spacial score (nSPS) is 10.7. The van der Waals surface area contributed by atoms with Gasteiger partial charge in [0.25, 0.3) is 0 Å². The van der Waals surface area contributed by atoms with Crippen LogP contribution in [0.3, 0.4) is 0 Å².